The summed E-state index contributed by atoms with van der Waals surface area (Å²) in [6, 6.07) is 6.07. The predicted octanol–water partition coefficient (Wildman–Crippen LogP) is 2.30. The molecule has 1 aromatic carbocycles. The lowest BCUT2D eigenvalue weighted by atomic mass is 10.2. The average Bonchev–Trinajstić information content (AvgIpc) is 2.03. The molecule has 0 radical (unpaired) electrons. The minimum atomic E-state index is -4.17. The summed E-state index contributed by atoms with van der Waals surface area (Å²) in [5.74, 6) is 0. The van der Waals surface area contributed by atoms with Crippen molar-refractivity contribution in [1.29, 1.82) is 0 Å². The van der Waals surface area contributed by atoms with Gasteiger partial charge in [-0.3, -0.25) is 4.55 Å². The lowest BCUT2D eigenvalue weighted by molar-refractivity contribution is 0.483. The Kier molecular flexibility index (Phi) is 2.90. The van der Waals surface area contributed by atoms with Crippen LogP contribution in [0.5, 0.6) is 0 Å². The molecule has 0 saturated carbocycles. The molecule has 1 aromatic rings. The molecule has 0 saturated heterocycles. The van der Waals surface area contributed by atoms with Gasteiger partial charge in [-0.05, 0) is 6.07 Å². The van der Waals surface area contributed by atoms with E-state index in [1.54, 1.807) is 12.1 Å². The molecule has 0 heterocycles. The molecule has 0 aliphatic carbocycles. The third-order valence-corrected chi connectivity index (χ3v) is 2.80. The molecule has 5 heteroatoms. The highest BCUT2D eigenvalue weighted by molar-refractivity contribution is 9.15. The Balaban J connectivity index is 3.46. The zero-order valence-corrected chi connectivity index (χ0v) is 8.97. The molecule has 0 aromatic heterocycles. The van der Waals surface area contributed by atoms with Crippen LogP contribution in [0.4, 0.5) is 0 Å². The highest BCUT2D eigenvalue weighted by Crippen LogP contribution is 2.25. The Labute approximate surface area is 85.0 Å². The Morgan fingerprint density at radius 1 is 1.38 bits per heavy atom. The van der Waals surface area contributed by atoms with E-state index < -0.39 is 10.1 Å². The van der Waals surface area contributed by atoms with Crippen LogP contribution in [-0.4, -0.2) is 13.0 Å². The van der Waals surface area contributed by atoms with Gasteiger partial charge < -0.3 is 0 Å². The van der Waals surface area contributed by atoms with Gasteiger partial charge in [0.05, 0.1) is 0 Å². The molecule has 0 amide bonds. The summed E-state index contributed by atoms with van der Waals surface area (Å²) in [4.78, 5) is -0.142. The third kappa shape index (κ3) is 2.40. The van der Waals surface area contributed by atoms with E-state index in [-0.39, 0.29) is 4.90 Å². The molecule has 0 aliphatic heterocycles. The minimum absolute atomic E-state index is 0.142. The average molecular weight is 263 g/mol. The maximum atomic E-state index is 10.9. The van der Waals surface area contributed by atoms with Crippen LogP contribution in [0.1, 0.15) is 5.56 Å². The topological polar surface area (TPSA) is 54.4 Å². The van der Waals surface area contributed by atoms with Crippen molar-refractivity contribution in [3.05, 3.63) is 36.4 Å². The Morgan fingerprint density at radius 2 is 1.92 bits per heavy atom. The molecule has 70 valence electrons. The number of rotatable bonds is 2. The fourth-order valence-electron chi connectivity index (χ4n) is 0.916. The Bertz CT molecular complexity index is 436. The lowest BCUT2D eigenvalue weighted by Gasteiger charge is -2.03. The first-order valence-electron chi connectivity index (χ1n) is 3.34. The van der Waals surface area contributed by atoms with E-state index in [2.05, 4.69) is 22.5 Å². The molecule has 0 aliphatic rings. The first-order valence-corrected chi connectivity index (χ1v) is 5.57. The summed E-state index contributed by atoms with van der Waals surface area (Å²) in [6.07, 6.45) is 0. The van der Waals surface area contributed by atoms with Gasteiger partial charge in [-0.2, -0.15) is 8.42 Å². The van der Waals surface area contributed by atoms with Crippen molar-refractivity contribution in [2.24, 2.45) is 0 Å². The third-order valence-electron chi connectivity index (χ3n) is 1.46. The van der Waals surface area contributed by atoms with Crippen molar-refractivity contribution < 1.29 is 13.0 Å². The number of hydrogen-bond donors (Lipinski definition) is 1. The molecule has 3 nitrogen and oxygen atoms in total. The highest BCUT2D eigenvalue weighted by Gasteiger charge is 2.14. The number of hydrogen-bond acceptors (Lipinski definition) is 2. The summed E-state index contributed by atoms with van der Waals surface area (Å²) in [5.41, 5.74) is 0.366. The lowest BCUT2D eigenvalue weighted by Crippen LogP contribution is -2.00. The standard InChI is InChI=1S/C8H7BrO3S/c1-6(9)7-4-2-3-5-8(7)13(10,11)12/h2-5H,1H2,(H,10,11,12). The van der Waals surface area contributed by atoms with Crippen molar-refractivity contribution >= 4 is 30.5 Å². The quantitative estimate of drug-likeness (QED) is 0.833. The summed E-state index contributed by atoms with van der Waals surface area (Å²) < 4.78 is 30.9. The van der Waals surface area contributed by atoms with Crippen molar-refractivity contribution in [2.45, 2.75) is 4.90 Å². The van der Waals surface area contributed by atoms with Gasteiger partial charge in [0.25, 0.3) is 10.1 Å². The van der Waals surface area contributed by atoms with Crippen LogP contribution in [0.25, 0.3) is 4.48 Å². The minimum Gasteiger partial charge on any atom is -0.282 e. The van der Waals surface area contributed by atoms with Crippen LogP contribution in [0.2, 0.25) is 0 Å². The van der Waals surface area contributed by atoms with Crippen LogP contribution in [-0.2, 0) is 10.1 Å². The summed E-state index contributed by atoms with van der Waals surface area (Å²) in [6.45, 7) is 3.54. The van der Waals surface area contributed by atoms with Crippen LogP contribution >= 0.6 is 15.9 Å². The fourth-order valence-corrected chi connectivity index (χ4v) is 2.11. The van der Waals surface area contributed by atoms with Crippen LogP contribution in [0, 0.1) is 0 Å². The van der Waals surface area contributed by atoms with E-state index in [1.165, 1.54) is 12.1 Å². The molecule has 0 unspecified atom stereocenters. The van der Waals surface area contributed by atoms with Gasteiger partial charge in [-0.1, -0.05) is 40.7 Å². The smallest absolute Gasteiger partial charge is 0.282 e. The SMILES string of the molecule is C=C(Br)c1ccccc1S(=O)(=O)O. The van der Waals surface area contributed by atoms with Gasteiger partial charge in [0, 0.05) is 10.0 Å². The normalized spacial score (nSPS) is 11.2. The maximum absolute atomic E-state index is 10.9. The van der Waals surface area contributed by atoms with Gasteiger partial charge in [0.15, 0.2) is 0 Å². The van der Waals surface area contributed by atoms with Gasteiger partial charge in [-0.15, -0.1) is 0 Å². The number of benzene rings is 1. The van der Waals surface area contributed by atoms with Crippen molar-refractivity contribution in [1.82, 2.24) is 0 Å². The van der Waals surface area contributed by atoms with Crippen LogP contribution in [0.3, 0.4) is 0 Å². The van der Waals surface area contributed by atoms with Gasteiger partial charge >= 0.3 is 0 Å². The second-order valence-electron chi connectivity index (χ2n) is 2.38. The van der Waals surface area contributed by atoms with E-state index in [0.29, 0.717) is 10.0 Å². The highest BCUT2D eigenvalue weighted by atomic mass is 79.9. The van der Waals surface area contributed by atoms with Gasteiger partial charge in [0.2, 0.25) is 0 Å². The molecule has 1 rings (SSSR count). The van der Waals surface area contributed by atoms with Crippen molar-refractivity contribution in [3.8, 4) is 0 Å². The molecule has 1 N–H and O–H groups in total. The first kappa shape index (κ1) is 10.4. The molecular formula is C8H7BrO3S. The molecule has 0 bridgehead atoms. The van der Waals surface area contributed by atoms with E-state index in [0.717, 1.165) is 0 Å². The second kappa shape index (κ2) is 3.61. The monoisotopic (exact) mass is 262 g/mol. The van der Waals surface area contributed by atoms with Crippen molar-refractivity contribution in [3.63, 3.8) is 0 Å². The molecule has 0 atom stereocenters. The largest absolute Gasteiger partial charge is 0.295 e. The van der Waals surface area contributed by atoms with E-state index in [9.17, 15) is 8.42 Å². The number of halogens is 1. The first-order chi connectivity index (χ1) is 5.93. The summed E-state index contributed by atoms with van der Waals surface area (Å²) in [7, 11) is -4.17. The zero-order chi connectivity index (χ0) is 10.1. The van der Waals surface area contributed by atoms with Gasteiger partial charge in [0.1, 0.15) is 4.90 Å². The predicted molar refractivity (Wildman–Crippen MR) is 54.2 cm³/mol. The second-order valence-corrected chi connectivity index (χ2v) is 4.72. The Morgan fingerprint density at radius 3 is 2.31 bits per heavy atom. The maximum Gasteiger partial charge on any atom is 0.295 e. The van der Waals surface area contributed by atoms with E-state index >= 15 is 0 Å². The molecule has 0 fully saturated rings. The van der Waals surface area contributed by atoms with Gasteiger partial charge in [-0.25, -0.2) is 0 Å². The molecule has 13 heavy (non-hydrogen) atoms. The van der Waals surface area contributed by atoms with E-state index in [1.807, 2.05) is 0 Å². The molecular weight excluding hydrogens is 256 g/mol. The van der Waals surface area contributed by atoms with E-state index in [4.69, 9.17) is 4.55 Å². The van der Waals surface area contributed by atoms with Crippen LogP contribution in [0.15, 0.2) is 35.7 Å². The summed E-state index contributed by atoms with van der Waals surface area (Å²) in [5, 5.41) is 0. The molecule has 0 spiro atoms. The fraction of sp³-hybridized carbons (Fsp3) is 0. The summed E-state index contributed by atoms with van der Waals surface area (Å²) >= 11 is 3.06. The van der Waals surface area contributed by atoms with Crippen molar-refractivity contribution in [2.75, 3.05) is 0 Å². The van der Waals surface area contributed by atoms with Crippen LogP contribution < -0.4 is 0 Å². The zero-order valence-electron chi connectivity index (χ0n) is 6.57. The Hall–Kier alpha value is -0.650.